The van der Waals surface area contributed by atoms with Gasteiger partial charge in [0, 0.05) is 12.8 Å². The molecule has 0 aliphatic rings. The van der Waals surface area contributed by atoms with Crippen molar-refractivity contribution < 1.29 is 37.3 Å². The maximum Gasteiger partial charge on any atom is 0.306 e. The zero-order chi connectivity index (χ0) is 62.1. The number of hydrogen-bond acceptors (Lipinski definition) is 7. The second-order valence-corrected chi connectivity index (χ2v) is 26.4. The molecular formula is C75H135N2O7P. The molecule has 492 valence electrons. The summed E-state index contributed by atoms with van der Waals surface area (Å²) in [7, 11) is 1.18. The van der Waals surface area contributed by atoms with E-state index in [0.717, 1.165) is 116 Å². The quantitative estimate of drug-likeness (QED) is 0.0212. The van der Waals surface area contributed by atoms with Crippen LogP contribution in [0.25, 0.3) is 0 Å². The lowest BCUT2D eigenvalue weighted by Crippen LogP contribution is -2.47. The first-order chi connectivity index (χ1) is 41.4. The molecule has 0 spiro atoms. The molecule has 0 aliphatic carbocycles. The van der Waals surface area contributed by atoms with E-state index in [-0.39, 0.29) is 24.9 Å². The highest BCUT2D eigenvalue weighted by molar-refractivity contribution is 7.45. The number of amides is 1. The van der Waals surface area contributed by atoms with Gasteiger partial charge < -0.3 is 28.5 Å². The molecule has 0 aliphatic heterocycles. The number of carbonyl (C=O) groups excluding carboxylic acids is 2. The minimum Gasteiger partial charge on any atom is -0.756 e. The lowest BCUT2D eigenvalue weighted by molar-refractivity contribution is -0.870. The number of phosphoric ester groups is 1. The Morgan fingerprint density at radius 2 is 0.753 bits per heavy atom. The Hall–Kier alpha value is -3.07. The molecule has 0 radical (unpaired) electrons. The van der Waals surface area contributed by atoms with Crippen LogP contribution in [0.3, 0.4) is 0 Å². The maximum atomic E-state index is 13.6. The smallest absolute Gasteiger partial charge is 0.306 e. The molecule has 3 atom stereocenters. The second kappa shape index (κ2) is 63.9. The van der Waals surface area contributed by atoms with Gasteiger partial charge in [-0.15, -0.1) is 0 Å². The van der Waals surface area contributed by atoms with Crippen molar-refractivity contribution in [3.05, 3.63) is 97.2 Å². The van der Waals surface area contributed by atoms with E-state index in [2.05, 4.69) is 111 Å². The van der Waals surface area contributed by atoms with Crippen molar-refractivity contribution in [2.45, 2.75) is 328 Å². The highest BCUT2D eigenvalue weighted by Crippen LogP contribution is 2.38. The van der Waals surface area contributed by atoms with Crippen molar-refractivity contribution >= 4 is 19.7 Å². The lowest BCUT2D eigenvalue weighted by Gasteiger charge is -2.30. The fourth-order valence-corrected chi connectivity index (χ4v) is 10.8. The Labute approximate surface area is 526 Å². The van der Waals surface area contributed by atoms with Gasteiger partial charge in [-0.1, -0.05) is 292 Å². The molecule has 0 fully saturated rings. The Kier molecular flexibility index (Phi) is 61.6. The maximum absolute atomic E-state index is 13.6. The molecule has 0 aromatic rings. The van der Waals surface area contributed by atoms with Crippen LogP contribution in [0.5, 0.6) is 0 Å². The van der Waals surface area contributed by atoms with E-state index in [1.54, 1.807) is 0 Å². The number of rotatable bonds is 64. The van der Waals surface area contributed by atoms with E-state index >= 15 is 0 Å². The van der Waals surface area contributed by atoms with Crippen LogP contribution in [0.2, 0.25) is 0 Å². The number of esters is 1. The van der Waals surface area contributed by atoms with Crippen molar-refractivity contribution in [3.63, 3.8) is 0 Å². The van der Waals surface area contributed by atoms with E-state index < -0.39 is 26.6 Å². The van der Waals surface area contributed by atoms with Crippen LogP contribution in [-0.4, -0.2) is 69.4 Å². The Balaban J connectivity index is 5.10. The van der Waals surface area contributed by atoms with Gasteiger partial charge in [0.05, 0.1) is 33.8 Å². The van der Waals surface area contributed by atoms with Gasteiger partial charge in [-0.3, -0.25) is 14.2 Å². The van der Waals surface area contributed by atoms with E-state index in [0.29, 0.717) is 17.4 Å². The molecule has 9 nitrogen and oxygen atoms in total. The van der Waals surface area contributed by atoms with Crippen molar-refractivity contribution in [3.8, 4) is 0 Å². The fourth-order valence-electron chi connectivity index (χ4n) is 10.1. The number of unbranched alkanes of at least 4 members (excludes halogenated alkanes) is 34. The van der Waals surface area contributed by atoms with Gasteiger partial charge in [0.2, 0.25) is 5.91 Å². The zero-order valence-electron chi connectivity index (χ0n) is 56.3. The van der Waals surface area contributed by atoms with Crippen LogP contribution in [0.1, 0.15) is 316 Å². The summed E-state index contributed by atoms with van der Waals surface area (Å²) in [6, 6.07) is -0.897. The van der Waals surface area contributed by atoms with Crippen LogP contribution < -0.4 is 10.2 Å². The molecule has 0 saturated carbocycles. The van der Waals surface area contributed by atoms with Crippen molar-refractivity contribution in [2.75, 3.05) is 40.9 Å². The van der Waals surface area contributed by atoms with Gasteiger partial charge in [-0.05, 0) is 109 Å². The van der Waals surface area contributed by atoms with Crippen LogP contribution >= 0.6 is 7.82 Å². The summed E-state index contributed by atoms with van der Waals surface area (Å²) in [6.07, 6.45) is 86.6. The van der Waals surface area contributed by atoms with Gasteiger partial charge in [-0.2, -0.15) is 0 Å². The van der Waals surface area contributed by atoms with E-state index in [9.17, 15) is 19.0 Å². The number of phosphoric acid groups is 1. The standard InChI is InChI=1S/C75H135N2O7P/c1-7-10-13-16-19-22-25-28-30-32-34-35-36-37-38-39-40-41-43-45-47-50-53-56-59-62-65-68-75(79)84-73(66-63-60-57-54-51-48-27-24-21-18-15-12-9-3)72(71-83-85(80,81)82-70-69-77(4,5)6)76-74(78)67-64-61-58-55-52-49-46-44-42-33-31-29-26-23-20-17-14-11-8-2/h10,13,19-20,22-23,28-31,34-35,37-38,63,66,72-73H,7-9,11-12,14-18,21,24-27,32-33,36,39-62,64-65,67-71H2,1-6H3,(H-,76,78,80,81)/b13-10-,22-19-,23-20-,30-28-,31-29-,35-34-,38-37-,66-63-. The SMILES string of the molecule is CC/C=C\C/C=C\C/C=C\C/C=C\C/C=C\CCCCCCCCCCCCCC(=O)OC(/C=C\CCCCCCCCCCCCC)C(COP(=O)([O-])OCC[N+](C)(C)C)NC(=O)CCCCCCCCCCC/C=C\C/C=C\CCCCC. The Morgan fingerprint density at radius 1 is 0.424 bits per heavy atom. The van der Waals surface area contributed by atoms with Gasteiger partial charge >= 0.3 is 5.97 Å². The highest BCUT2D eigenvalue weighted by atomic mass is 31.2. The van der Waals surface area contributed by atoms with E-state index in [1.807, 2.05) is 33.3 Å². The minimum atomic E-state index is -4.71. The number of likely N-dealkylation sites (N-methyl/N-ethyl adjacent to an activating group) is 1. The van der Waals surface area contributed by atoms with Crippen molar-refractivity contribution in [1.82, 2.24) is 5.32 Å². The first-order valence-corrected chi connectivity index (χ1v) is 37.0. The molecule has 0 aromatic carbocycles. The molecular weight excluding hydrogens is 1070 g/mol. The Bertz CT molecular complexity index is 1780. The topological polar surface area (TPSA) is 114 Å². The van der Waals surface area contributed by atoms with E-state index in [1.165, 1.54) is 167 Å². The Morgan fingerprint density at radius 3 is 1.15 bits per heavy atom. The number of hydrogen-bond donors (Lipinski definition) is 1. The van der Waals surface area contributed by atoms with E-state index in [4.69, 9.17) is 13.8 Å². The zero-order valence-corrected chi connectivity index (χ0v) is 57.2. The number of nitrogens with one attached hydrogen (secondary N) is 1. The van der Waals surface area contributed by atoms with Gasteiger partial charge in [0.15, 0.2) is 0 Å². The largest absolute Gasteiger partial charge is 0.756 e. The van der Waals surface area contributed by atoms with Crippen molar-refractivity contribution in [2.24, 2.45) is 0 Å². The third-order valence-corrected chi connectivity index (χ3v) is 16.5. The number of carbonyl (C=O) groups is 2. The third-order valence-electron chi connectivity index (χ3n) is 15.5. The summed E-state index contributed by atoms with van der Waals surface area (Å²) in [5.74, 6) is -0.544. The number of allylic oxidation sites excluding steroid dienone is 15. The molecule has 1 N–H and O–H groups in total. The highest BCUT2D eigenvalue weighted by Gasteiger charge is 2.27. The molecule has 3 unspecified atom stereocenters. The molecule has 0 rings (SSSR count). The summed E-state index contributed by atoms with van der Waals surface area (Å²) in [6.45, 7) is 6.73. The first kappa shape index (κ1) is 81.9. The number of quaternary nitrogens is 1. The third kappa shape index (κ3) is 65.2. The van der Waals surface area contributed by atoms with Crippen molar-refractivity contribution in [1.29, 1.82) is 0 Å². The van der Waals surface area contributed by atoms with Gasteiger partial charge in [-0.25, -0.2) is 0 Å². The van der Waals surface area contributed by atoms with Gasteiger partial charge in [0.1, 0.15) is 19.3 Å². The van der Waals surface area contributed by atoms with Crippen LogP contribution in [0.4, 0.5) is 0 Å². The second-order valence-electron chi connectivity index (χ2n) is 25.0. The molecule has 0 bridgehead atoms. The fraction of sp³-hybridized carbons (Fsp3) is 0.760. The molecule has 10 heteroatoms. The predicted octanol–water partition coefficient (Wildman–Crippen LogP) is 22.0. The first-order valence-electron chi connectivity index (χ1n) is 35.5. The summed E-state index contributed by atoms with van der Waals surface area (Å²) < 4.78 is 30.5. The lowest BCUT2D eigenvalue weighted by atomic mass is 10.0. The summed E-state index contributed by atoms with van der Waals surface area (Å²) in [5.41, 5.74) is 0. The molecule has 0 saturated heterocycles. The number of nitrogens with zero attached hydrogens (tertiary/aromatic N) is 1. The van der Waals surface area contributed by atoms with Crippen LogP contribution in [0, 0.1) is 0 Å². The predicted molar refractivity (Wildman–Crippen MR) is 367 cm³/mol. The van der Waals surface area contributed by atoms with Crippen LogP contribution in [-0.2, 0) is 27.9 Å². The summed E-state index contributed by atoms with van der Waals surface area (Å²) in [5, 5.41) is 3.04. The average molecular weight is 1210 g/mol. The molecule has 85 heavy (non-hydrogen) atoms. The molecule has 0 heterocycles. The minimum absolute atomic E-state index is 0.0266. The molecule has 1 amide bonds. The summed E-state index contributed by atoms with van der Waals surface area (Å²) in [4.78, 5) is 40.2. The normalized spacial score (nSPS) is 14.1. The molecule has 0 aromatic heterocycles. The number of ether oxygens (including phenoxy) is 1. The average Bonchev–Trinajstić information content (AvgIpc) is 3.50. The summed E-state index contributed by atoms with van der Waals surface area (Å²) >= 11 is 0. The monoisotopic (exact) mass is 1210 g/mol. The van der Waals surface area contributed by atoms with Gasteiger partial charge in [0.25, 0.3) is 7.82 Å². The van der Waals surface area contributed by atoms with Crippen LogP contribution in [0.15, 0.2) is 97.2 Å².